The highest BCUT2D eigenvalue weighted by molar-refractivity contribution is 7.91. The molecule has 0 fully saturated rings. The van der Waals surface area contributed by atoms with Crippen LogP contribution < -0.4 is 5.73 Å². The van der Waals surface area contributed by atoms with Gasteiger partial charge in [-0.05, 0) is 19.4 Å². The Kier molecular flexibility index (Phi) is 7.22. The van der Waals surface area contributed by atoms with E-state index in [4.69, 9.17) is 10.5 Å². The van der Waals surface area contributed by atoms with Crippen LogP contribution in [0.1, 0.15) is 19.8 Å². The molecule has 0 unspecified atom stereocenters. The number of hydrogen-bond acceptors (Lipinski definition) is 4. The molecule has 0 aromatic heterocycles. The van der Waals surface area contributed by atoms with Crippen LogP contribution in [0.25, 0.3) is 0 Å². The van der Waals surface area contributed by atoms with Gasteiger partial charge in [-0.15, -0.1) is 0 Å². The third-order valence-electron chi connectivity index (χ3n) is 1.55. The lowest BCUT2D eigenvalue weighted by Gasteiger charge is -2.03. The Hall–Kier alpha value is -0.130. The average molecular weight is 209 g/mol. The Morgan fingerprint density at radius 1 is 1.23 bits per heavy atom. The van der Waals surface area contributed by atoms with Crippen molar-refractivity contribution in [3.63, 3.8) is 0 Å². The molecule has 0 rings (SSSR count). The maximum Gasteiger partial charge on any atom is 0.152 e. The molecule has 13 heavy (non-hydrogen) atoms. The molecule has 0 bridgehead atoms. The smallest absolute Gasteiger partial charge is 0.152 e. The number of nitrogens with two attached hydrogens (primary N) is 1. The second-order valence-corrected chi connectivity index (χ2v) is 5.21. The van der Waals surface area contributed by atoms with Crippen molar-refractivity contribution in [1.29, 1.82) is 0 Å². The van der Waals surface area contributed by atoms with Crippen LogP contribution in [0.4, 0.5) is 0 Å². The second kappa shape index (κ2) is 7.29. The molecule has 5 heteroatoms. The Morgan fingerprint density at radius 3 is 2.46 bits per heavy atom. The molecule has 4 nitrogen and oxygen atoms in total. The largest absolute Gasteiger partial charge is 0.380 e. The fraction of sp³-hybridized carbons (Fsp3) is 1.00. The summed E-state index contributed by atoms with van der Waals surface area (Å²) >= 11 is 0. The predicted molar refractivity (Wildman–Crippen MR) is 53.4 cm³/mol. The van der Waals surface area contributed by atoms with Crippen LogP contribution in [0.15, 0.2) is 0 Å². The van der Waals surface area contributed by atoms with E-state index in [0.717, 1.165) is 6.42 Å². The first-order chi connectivity index (χ1) is 6.12. The van der Waals surface area contributed by atoms with Crippen molar-refractivity contribution >= 4 is 9.84 Å². The molecule has 80 valence electrons. The van der Waals surface area contributed by atoms with E-state index < -0.39 is 9.84 Å². The van der Waals surface area contributed by atoms with E-state index in [1.54, 1.807) is 0 Å². The van der Waals surface area contributed by atoms with Crippen LogP contribution in [0.3, 0.4) is 0 Å². The van der Waals surface area contributed by atoms with Gasteiger partial charge >= 0.3 is 0 Å². The fourth-order valence-corrected chi connectivity index (χ4v) is 2.02. The number of hydrogen-bond donors (Lipinski definition) is 1. The van der Waals surface area contributed by atoms with E-state index >= 15 is 0 Å². The van der Waals surface area contributed by atoms with Gasteiger partial charge in [-0.1, -0.05) is 6.92 Å². The summed E-state index contributed by atoms with van der Waals surface area (Å²) in [7, 11) is -2.93. The first-order valence-electron chi connectivity index (χ1n) is 4.60. The Morgan fingerprint density at radius 2 is 1.92 bits per heavy atom. The molecule has 0 aliphatic carbocycles. The lowest BCUT2D eigenvalue weighted by molar-refractivity contribution is 0.149. The van der Waals surface area contributed by atoms with Crippen molar-refractivity contribution < 1.29 is 13.2 Å². The van der Waals surface area contributed by atoms with Gasteiger partial charge in [0, 0.05) is 6.61 Å². The van der Waals surface area contributed by atoms with Crippen molar-refractivity contribution in [2.75, 3.05) is 31.3 Å². The van der Waals surface area contributed by atoms with Crippen molar-refractivity contribution in [2.45, 2.75) is 19.8 Å². The Bertz CT molecular complexity index is 201. The number of ether oxygens (including phenoxy) is 1. The van der Waals surface area contributed by atoms with Gasteiger partial charge in [-0.2, -0.15) is 0 Å². The van der Waals surface area contributed by atoms with Crippen LogP contribution >= 0.6 is 0 Å². The molecular formula is C8H19NO3S. The highest BCUT2D eigenvalue weighted by Gasteiger charge is 2.08. The van der Waals surface area contributed by atoms with E-state index in [2.05, 4.69) is 0 Å². The standard InChI is InChI=1S/C8H19NO3S/c1-2-5-12-6-8-13(10,11)7-3-4-9/h2-9H2,1H3. The molecule has 0 radical (unpaired) electrons. The van der Waals surface area contributed by atoms with Crippen LogP contribution in [-0.4, -0.2) is 39.7 Å². The zero-order chi connectivity index (χ0) is 10.2. The lowest BCUT2D eigenvalue weighted by atomic mass is 10.5. The SMILES string of the molecule is CCCOCCS(=O)(=O)CCCN. The maximum absolute atomic E-state index is 11.2. The topological polar surface area (TPSA) is 69.4 Å². The van der Waals surface area contributed by atoms with Gasteiger partial charge in [0.05, 0.1) is 18.1 Å². The van der Waals surface area contributed by atoms with Crippen molar-refractivity contribution in [3.05, 3.63) is 0 Å². The minimum Gasteiger partial charge on any atom is -0.380 e. The normalized spacial score (nSPS) is 11.8. The van der Waals surface area contributed by atoms with Crippen LogP contribution in [0.5, 0.6) is 0 Å². The molecule has 2 N–H and O–H groups in total. The maximum atomic E-state index is 11.2. The summed E-state index contributed by atoms with van der Waals surface area (Å²) in [6.45, 7) is 3.35. The van der Waals surface area contributed by atoms with Crippen LogP contribution in [0.2, 0.25) is 0 Å². The summed E-state index contributed by atoms with van der Waals surface area (Å²) < 4.78 is 27.5. The zero-order valence-corrected chi connectivity index (χ0v) is 8.98. The fourth-order valence-electron chi connectivity index (χ4n) is 0.838. The van der Waals surface area contributed by atoms with Crippen LogP contribution in [-0.2, 0) is 14.6 Å². The number of rotatable bonds is 8. The van der Waals surface area contributed by atoms with Gasteiger partial charge in [-0.25, -0.2) is 8.42 Å². The second-order valence-electron chi connectivity index (χ2n) is 2.91. The van der Waals surface area contributed by atoms with Gasteiger partial charge in [0.1, 0.15) is 0 Å². The van der Waals surface area contributed by atoms with E-state index in [1.807, 2.05) is 6.92 Å². The molecular weight excluding hydrogens is 190 g/mol. The first-order valence-corrected chi connectivity index (χ1v) is 6.42. The highest BCUT2D eigenvalue weighted by Crippen LogP contribution is 1.93. The van der Waals surface area contributed by atoms with E-state index in [9.17, 15) is 8.42 Å². The molecule has 0 spiro atoms. The van der Waals surface area contributed by atoms with E-state index in [1.165, 1.54) is 0 Å². The van der Waals surface area contributed by atoms with E-state index in [-0.39, 0.29) is 11.5 Å². The summed E-state index contributed by atoms with van der Waals surface area (Å²) in [5, 5.41) is 0. The third kappa shape index (κ3) is 8.21. The average Bonchev–Trinajstić information content (AvgIpc) is 2.09. The highest BCUT2D eigenvalue weighted by atomic mass is 32.2. The van der Waals surface area contributed by atoms with Gasteiger partial charge in [-0.3, -0.25) is 0 Å². The monoisotopic (exact) mass is 209 g/mol. The Labute approximate surface area is 80.4 Å². The summed E-state index contributed by atoms with van der Waals surface area (Å²) in [6.07, 6.45) is 1.46. The Balaban J connectivity index is 3.52. The summed E-state index contributed by atoms with van der Waals surface area (Å²) in [4.78, 5) is 0. The quantitative estimate of drug-likeness (QED) is 0.579. The van der Waals surface area contributed by atoms with Crippen molar-refractivity contribution in [3.8, 4) is 0 Å². The summed E-state index contributed by atoms with van der Waals surface area (Å²) in [5.41, 5.74) is 5.22. The van der Waals surface area contributed by atoms with Crippen molar-refractivity contribution in [1.82, 2.24) is 0 Å². The molecule has 0 aliphatic heterocycles. The van der Waals surface area contributed by atoms with Gasteiger partial charge < -0.3 is 10.5 Å². The zero-order valence-electron chi connectivity index (χ0n) is 8.16. The molecule has 0 atom stereocenters. The molecule has 0 saturated heterocycles. The molecule has 0 saturated carbocycles. The molecule has 0 amide bonds. The molecule has 0 aromatic rings. The lowest BCUT2D eigenvalue weighted by Crippen LogP contribution is -2.18. The van der Waals surface area contributed by atoms with E-state index in [0.29, 0.717) is 26.2 Å². The molecule has 0 aliphatic rings. The molecule has 0 aromatic carbocycles. The van der Waals surface area contributed by atoms with Gasteiger partial charge in [0.25, 0.3) is 0 Å². The van der Waals surface area contributed by atoms with Crippen LogP contribution in [0, 0.1) is 0 Å². The van der Waals surface area contributed by atoms with Gasteiger partial charge in [0.15, 0.2) is 9.84 Å². The first kappa shape index (κ1) is 12.9. The van der Waals surface area contributed by atoms with Gasteiger partial charge in [0.2, 0.25) is 0 Å². The van der Waals surface area contributed by atoms with Crippen molar-refractivity contribution in [2.24, 2.45) is 5.73 Å². The molecule has 0 heterocycles. The minimum absolute atomic E-state index is 0.118. The number of sulfone groups is 1. The predicted octanol–water partition coefficient (Wildman–Crippen LogP) is 0.177. The third-order valence-corrected chi connectivity index (χ3v) is 3.25. The summed E-state index contributed by atoms with van der Waals surface area (Å²) in [6, 6.07) is 0. The minimum atomic E-state index is -2.93. The summed E-state index contributed by atoms with van der Waals surface area (Å²) in [5.74, 6) is 0.298.